The molecule has 8 fully saturated rings. The normalized spacial score (nSPS) is 56.7. The van der Waals surface area contributed by atoms with Crippen molar-refractivity contribution in [2.24, 2.45) is 28.6 Å². The third-order valence-electron chi connectivity index (χ3n) is 16.9. The van der Waals surface area contributed by atoms with E-state index in [2.05, 4.69) is 13.8 Å². The minimum Gasteiger partial charge on any atom is -0.458 e. The second kappa shape index (κ2) is 16.1. The van der Waals surface area contributed by atoms with Crippen molar-refractivity contribution in [2.75, 3.05) is 26.9 Å². The molecule has 24 unspecified atom stereocenters. The molecular formula is C42H64O19. The zero-order valence-corrected chi connectivity index (χ0v) is 35.0. The molecule has 4 aliphatic carbocycles. The maximum absolute atomic E-state index is 12.8. The largest absolute Gasteiger partial charge is 0.458 e. The van der Waals surface area contributed by atoms with Crippen LogP contribution >= 0.6 is 0 Å². The number of cyclic esters (lactones) is 1. The summed E-state index contributed by atoms with van der Waals surface area (Å²) in [6.45, 7) is 5.27. The molecular weight excluding hydrogens is 808 g/mol. The maximum Gasteiger partial charge on any atom is 0.331 e. The minimum absolute atomic E-state index is 0.0634. The first-order chi connectivity index (χ1) is 28.9. The van der Waals surface area contributed by atoms with Crippen molar-refractivity contribution in [1.29, 1.82) is 0 Å². The number of ether oxygens (including phenoxy) is 9. The van der Waals surface area contributed by atoms with Gasteiger partial charge in [-0.3, -0.25) is 0 Å². The average molecular weight is 873 g/mol. The molecule has 61 heavy (non-hydrogen) atoms. The predicted molar refractivity (Wildman–Crippen MR) is 203 cm³/mol. The van der Waals surface area contributed by atoms with E-state index in [0.29, 0.717) is 19.3 Å². The van der Waals surface area contributed by atoms with Crippen LogP contribution in [0.15, 0.2) is 11.6 Å². The van der Waals surface area contributed by atoms with Crippen LogP contribution in [0.4, 0.5) is 0 Å². The van der Waals surface area contributed by atoms with Crippen LogP contribution in [0.2, 0.25) is 0 Å². The standard InChI is InChI=1S/C42H64O19/c1-17-34(60-37-32(50)30(48)28(46)23(59-37)16-55-36-31(49)29(47)27(45)22(14-43)58-36)35(53-4)33(51)38(56-17)57-20-5-8-39(2)19(12-20)13-25-42(61-25)24(39)7-9-40(3)21(6-10-41(40,42)52)18-11-26(44)54-15-18/h11,17,19-25,27-38,43,45-52H,5-10,12-16H2,1-4H3. The van der Waals surface area contributed by atoms with Crippen LogP contribution in [0, 0.1) is 28.6 Å². The van der Waals surface area contributed by atoms with Crippen molar-refractivity contribution in [2.45, 2.75) is 188 Å². The van der Waals surface area contributed by atoms with Crippen molar-refractivity contribution in [3.8, 4) is 0 Å². The lowest BCUT2D eigenvalue weighted by Gasteiger charge is -2.62. The monoisotopic (exact) mass is 872 g/mol. The van der Waals surface area contributed by atoms with E-state index < -0.39 is 122 Å². The summed E-state index contributed by atoms with van der Waals surface area (Å²) < 4.78 is 53.4. The third-order valence-corrected chi connectivity index (χ3v) is 16.9. The fourth-order valence-electron chi connectivity index (χ4n) is 13.4. The maximum atomic E-state index is 12.8. The lowest BCUT2D eigenvalue weighted by Crippen LogP contribution is -2.68. The molecule has 9 N–H and O–H groups in total. The highest BCUT2D eigenvalue weighted by atomic mass is 16.8. The van der Waals surface area contributed by atoms with Crippen molar-refractivity contribution in [3.05, 3.63) is 11.6 Å². The van der Waals surface area contributed by atoms with Gasteiger partial charge < -0.3 is 88.6 Å². The summed E-state index contributed by atoms with van der Waals surface area (Å²) in [6, 6.07) is 0. The van der Waals surface area contributed by atoms with Gasteiger partial charge in [-0.2, -0.15) is 0 Å². The molecule has 0 aromatic rings. The Balaban J connectivity index is 0.823. The molecule has 5 heterocycles. The predicted octanol–water partition coefficient (Wildman–Crippen LogP) is -2.11. The minimum atomic E-state index is -1.78. The van der Waals surface area contributed by atoms with E-state index in [-0.39, 0.29) is 48.0 Å². The lowest BCUT2D eigenvalue weighted by atomic mass is 9.43. The molecule has 24 atom stereocenters. The van der Waals surface area contributed by atoms with E-state index in [0.717, 1.165) is 37.7 Å². The van der Waals surface area contributed by atoms with Crippen LogP contribution in [-0.4, -0.2) is 194 Å². The van der Waals surface area contributed by atoms with E-state index >= 15 is 0 Å². The molecule has 4 saturated carbocycles. The molecule has 0 bridgehead atoms. The van der Waals surface area contributed by atoms with Gasteiger partial charge in [0.1, 0.15) is 85.0 Å². The highest BCUT2D eigenvalue weighted by Gasteiger charge is 2.84. The van der Waals surface area contributed by atoms with E-state index in [9.17, 15) is 50.8 Å². The summed E-state index contributed by atoms with van der Waals surface area (Å²) in [5.41, 5.74) is -1.21. The molecule has 5 aliphatic heterocycles. The molecule has 0 amide bonds. The first-order valence-corrected chi connectivity index (χ1v) is 22.0. The Morgan fingerprint density at radius 2 is 1.46 bits per heavy atom. The first kappa shape index (κ1) is 44.7. The van der Waals surface area contributed by atoms with Gasteiger partial charge in [-0.15, -0.1) is 0 Å². The molecule has 19 heteroatoms. The summed E-state index contributed by atoms with van der Waals surface area (Å²) in [6.07, 6.45) is -13.9. The van der Waals surface area contributed by atoms with Gasteiger partial charge in [-0.25, -0.2) is 4.79 Å². The van der Waals surface area contributed by atoms with Crippen LogP contribution in [0.5, 0.6) is 0 Å². The summed E-state index contributed by atoms with van der Waals surface area (Å²) in [7, 11) is 1.39. The zero-order chi connectivity index (χ0) is 43.6. The van der Waals surface area contributed by atoms with Crippen LogP contribution < -0.4 is 0 Å². The van der Waals surface area contributed by atoms with E-state index in [1.165, 1.54) is 7.11 Å². The van der Waals surface area contributed by atoms with E-state index in [1.54, 1.807) is 13.0 Å². The number of aliphatic hydroxyl groups is 9. The van der Waals surface area contributed by atoms with Gasteiger partial charge in [-0.05, 0) is 87.0 Å². The molecule has 0 aromatic carbocycles. The molecule has 4 saturated heterocycles. The summed E-state index contributed by atoms with van der Waals surface area (Å²) in [4.78, 5) is 12.0. The van der Waals surface area contributed by atoms with Gasteiger partial charge >= 0.3 is 5.97 Å². The smallest absolute Gasteiger partial charge is 0.331 e. The van der Waals surface area contributed by atoms with Crippen LogP contribution in [0.25, 0.3) is 0 Å². The van der Waals surface area contributed by atoms with Gasteiger partial charge in [0.25, 0.3) is 0 Å². The van der Waals surface area contributed by atoms with Gasteiger partial charge in [0.15, 0.2) is 18.9 Å². The quantitative estimate of drug-likeness (QED) is 0.0645. The number of hydrogen-bond acceptors (Lipinski definition) is 19. The average Bonchev–Trinajstić information content (AvgIpc) is 3.68. The fraction of sp³-hybridized carbons (Fsp3) is 0.929. The van der Waals surface area contributed by atoms with Crippen LogP contribution in [0.1, 0.15) is 72.1 Å². The highest BCUT2D eigenvalue weighted by molar-refractivity contribution is 5.85. The van der Waals surface area contributed by atoms with Crippen LogP contribution in [0.3, 0.4) is 0 Å². The molecule has 9 aliphatic rings. The van der Waals surface area contributed by atoms with Gasteiger partial charge in [-0.1, -0.05) is 13.8 Å². The van der Waals surface area contributed by atoms with Crippen LogP contribution in [-0.2, 0) is 47.4 Å². The van der Waals surface area contributed by atoms with Gasteiger partial charge in [0, 0.05) is 18.6 Å². The second-order valence-corrected chi connectivity index (χ2v) is 19.7. The zero-order valence-electron chi connectivity index (χ0n) is 35.0. The number of hydrogen-bond donors (Lipinski definition) is 9. The first-order valence-electron chi connectivity index (χ1n) is 22.0. The number of carbonyl (C=O) groups excluding carboxylic acids is 1. The highest BCUT2D eigenvalue weighted by Crippen LogP contribution is 2.77. The molecule has 0 aromatic heterocycles. The van der Waals surface area contributed by atoms with Crippen molar-refractivity contribution < 1.29 is 93.4 Å². The number of methoxy groups -OCH3 is 1. The Hall–Kier alpha value is -1.47. The van der Waals surface area contributed by atoms with Gasteiger partial charge in [0.2, 0.25) is 0 Å². The topological polar surface area (TPSA) is 286 Å². The van der Waals surface area contributed by atoms with Gasteiger partial charge in [0.05, 0.1) is 31.5 Å². The van der Waals surface area contributed by atoms with Crippen molar-refractivity contribution in [3.63, 3.8) is 0 Å². The van der Waals surface area contributed by atoms with Crippen molar-refractivity contribution >= 4 is 5.97 Å². The summed E-state index contributed by atoms with van der Waals surface area (Å²) in [5, 5.41) is 96.9. The molecule has 19 nitrogen and oxygen atoms in total. The Kier molecular flexibility index (Phi) is 11.8. The number of epoxide rings is 1. The van der Waals surface area contributed by atoms with E-state index in [4.69, 9.17) is 42.6 Å². The third kappa shape index (κ3) is 6.83. The van der Waals surface area contributed by atoms with E-state index in [1.807, 2.05) is 0 Å². The Morgan fingerprint density at radius 1 is 0.770 bits per heavy atom. The summed E-state index contributed by atoms with van der Waals surface area (Å²) in [5.74, 6) is 0.142. The number of aliphatic hydroxyl groups excluding tert-OH is 8. The molecule has 346 valence electrons. The Bertz CT molecular complexity index is 1670. The number of fused-ring (bicyclic) bond motifs is 3. The number of carbonyl (C=O) groups is 1. The molecule has 1 spiro atoms. The second-order valence-electron chi connectivity index (χ2n) is 19.7. The molecule has 0 radical (unpaired) electrons. The Labute approximate surface area is 353 Å². The summed E-state index contributed by atoms with van der Waals surface area (Å²) >= 11 is 0. The fourth-order valence-corrected chi connectivity index (χ4v) is 13.4. The number of rotatable bonds is 10. The number of esters is 1. The molecule has 9 rings (SSSR count). The lowest BCUT2D eigenvalue weighted by molar-refractivity contribution is -0.367. The van der Waals surface area contributed by atoms with Crippen molar-refractivity contribution in [1.82, 2.24) is 0 Å². The Morgan fingerprint density at radius 3 is 2.15 bits per heavy atom. The SMILES string of the molecule is COC1C(O)C(OC2CCC3(C)C(C2)CC2OC24C3CCC2(C)C(C3=CC(=O)OC3)CCC24O)OC(C)C1OC1OC(COC2OC(CO)C(O)C(O)C2O)C(O)C(O)C1O.